The summed E-state index contributed by atoms with van der Waals surface area (Å²) in [6, 6.07) is 2.55. The molecule has 0 bridgehead atoms. The predicted octanol–water partition coefficient (Wildman–Crippen LogP) is 2.49. The smallest absolute Gasteiger partial charge is 0.175 e. The first kappa shape index (κ1) is 12.9. The van der Waals surface area contributed by atoms with Crippen LogP contribution in [0.25, 0.3) is 0 Å². The van der Waals surface area contributed by atoms with E-state index >= 15 is 0 Å². The lowest BCUT2D eigenvalue weighted by Crippen LogP contribution is -2.39. The minimum Gasteiger partial charge on any atom is -0.369 e. The van der Waals surface area contributed by atoms with Crippen LogP contribution in [0.3, 0.4) is 0 Å². The van der Waals surface area contributed by atoms with Crippen molar-refractivity contribution in [2.45, 2.75) is 37.8 Å². The molecule has 1 fully saturated rings. The zero-order valence-corrected chi connectivity index (χ0v) is 11.2. The molecule has 0 radical (unpaired) electrons. The van der Waals surface area contributed by atoms with E-state index in [1.807, 2.05) is 7.05 Å². The first-order valence-electron chi connectivity index (χ1n) is 5.75. The first-order chi connectivity index (χ1) is 8.08. The molecule has 0 aromatic carbocycles. The SMILES string of the molecule is CN(c1cc(Cl)nnc1Cl)C1CCC(N)CC1. The zero-order valence-electron chi connectivity index (χ0n) is 9.74. The second-order valence-corrected chi connectivity index (χ2v) is 5.27. The number of hydrogen-bond acceptors (Lipinski definition) is 4. The molecule has 94 valence electrons. The Labute approximate surface area is 111 Å². The van der Waals surface area contributed by atoms with E-state index in [1.165, 1.54) is 0 Å². The van der Waals surface area contributed by atoms with Gasteiger partial charge in [0.1, 0.15) is 0 Å². The highest BCUT2D eigenvalue weighted by atomic mass is 35.5. The van der Waals surface area contributed by atoms with Crippen molar-refractivity contribution in [2.24, 2.45) is 5.73 Å². The lowest BCUT2D eigenvalue weighted by atomic mass is 9.91. The zero-order chi connectivity index (χ0) is 12.4. The summed E-state index contributed by atoms with van der Waals surface area (Å²) in [6.45, 7) is 0. The number of nitrogens with zero attached hydrogens (tertiary/aromatic N) is 3. The standard InChI is InChI=1S/C11H16Cl2N4/c1-17(8-4-2-7(14)3-5-8)9-6-10(12)15-16-11(9)13/h6-8H,2-5,14H2,1H3. The Morgan fingerprint density at radius 3 is 2.53 bits per heavy atom. The third-order valence-electron chi connectivity index (χ3n) is 3.37. The van der Waals surface area contributed by atoms with Gasteiger partial charge in [0.25, 0.3) is 0 Å². The van der Waals surface area contributed by atoms with Crippen molar-refractivity contribution < 1.29 is 0 Å². The monoisotopic (exact) mass is 274 g/mol. The van der Waals surface area contributed by atoms with Crippen molar-refractivity contribution in [1.82, 2.24) is 10.2 Å². The van der Waals surface area contributed by atoms with Gasteiger partial charge in [0.15, 0.2) is 10.3 Å². The third-order valence-corrected chi connectivity index (χ3v) is 3.82. The van der Waals surface area contributed by atoms with Gasteiger partial charge in [0.05, 0.1) is 5.69 Å². The topological polar surface area (TPSA) is 55.0 Å². The molecule has 2 rings (SSSR count). The minimum atomic E-state index is 0.342. The molecule has 1 aliphatic rings. The Morgan fingerprint density at radius 1 is 1.24 bits per heavy atom. The number of nitrogens with two attached hydrogens (primary N) is 1. The summed E-state index contributed by atoms with van der Waals surface area (Å²) < 4.78 is 0. The van der Waals surface area contributed by atoms with Crippen LogP contribution in [0.5, 0.6) is 0 Å². The van der Waals surface area contributed by atoms with E-state index in [2.05, 4.69) is 15.1 Å². The second-order valence-electron chi connectivity index (χ2n) is 4.52. The number of anilines is 1. The van der Waals surface area contributed by atoms with Gasteiger partial charge in [-0.05, 0) is 25.7 Å². The molecule has 6 heteroatoms. The molecule has 0 aliphatic heterocycles. The maximum Gasteiger partial charge on any atom is 0.175 e. The van der Waals surface area contributed by atoms with E-state index in [1.54, 1.807) is 6.07 Å². The lowest BCUT2D eigenvalue weighted by molar-refractivity contribution is 0.385. The van der Waals surface area contributed by atoms with Crippen LogP contribution in [0, 0.1) is 0 Å². The fraction of sp³-hybridized carbons (Fsp3) is 0.636. The van der Waals surface area contributed by atoms with Gasteiger partial charge in [-0.25, -0.2) is 0 Å². The molecular weight excluding hydrogens is 259 g/mol. The molecule has 1 saturated carbocycles. The number of rotatable bonds is 2. The van der Waals surface area contributed by atoms with Crippen LogP contribution in [0.4, 0.5) is 5.69 Å². The highest BCUT2D eigenvalue weighted by Crippen LogP contribution is 2.30. The van der Waals surface area contributed by atoms with Crippen molar-refractivity contribution in [2.75, 3.05) is 11.9 Å². The van der Waals surface area contributed by atoms with E-state index in [4.69, 9.17) is 28.9 Å². The Hall–Kier alpha value is -0.580. The van der Waals surface area contributed by atoms with Crippen LogP contribution in [0.15, 0.2) is 6.07 Å². The van der Waals surface area contributed by atoms with Crippen molar-refractivity contribution in [3.8, 4) is 0 Å². The van der Waals surface area contributed by atoms with Crippen LogP contribution in [0.1, 0.15) is 25.7 Å². The summed E-state index contributed by atoms with van der Waals surface area (Å²) in [5, 5.41) is 8.30. The van der Waals surface area contributed by atoms with Gasteiger partial charge in [0.2, 0.25) is 0 Å². The lowest BCUT2D eigenvalue weighted by Gasteiger charge is -2.35. The Balaban J connectivity index is 2.13. The molecule has 0 saturated heterocycles. The normalized spacial score (nSPS) is 24.7. The van der Waals surface area contributed by atoms with Crippen LogP contribution in [-0.2, 0) is 0 Å². The molecular formula is C11H16Cl2N4. The largest absolute Gasteiger partial charge is 0.369 e. The maximum absolute atomic E-state index is 6.04. The molecule has 0 atom stereocenters. The van der Waals surface area contributed by atoms with E-state index < -0.39 is 0 Å². The highest BCUT2D eigenvalue weighted by Gasteiger charge is 2.23. The third kappa shape index (κ3) is 3.00. The van der Waals surface area contributed by atoms with Crippen LogP contribution >= 0.6 is 23.2 Å². The second kappa shape index (κ2) is 5.38. The molecule has 17 heavy (non-hydrogen) atoms. The van der Waals surface area contributed by atoms with Crippen LogP contribution < -0.4 is 10.6 Å². The van der Waals surface area contributed by atoms with Gasteiger partial charge in [-0.2, -0.15) is 0 Å². The van der Waals surface area contributed by atoms with E-state index in [0.29, 0.717) is 22.4 Å². The van der Waals surface area contributed by atoms with Gasteiger partial charge < -0.3 is 10.6 Å². The summed E-state index contributed by atoms with van der Waals surface area (Å²) in [6.07, 6.45) is 4.26. The Bertz CT molecular complexity index is 391. The number of aromatic nitrogens is 2. The van der Waals surface area contributed by atoms with Crippen LogP contribution in [0.2, 0.25) is 10.3 Å². The molecule has 1 heterocycles. The molecule has 0 unspecified atom stereocenters. The van der Waals surface area contributed by atoms with Gasteiger partial charge in [-0.3, -0.25) is 0 Å². The van der Waals surface area contributed by atoms with E-state index in [0.717, 1.165) is 31.4 Å². The summed E-state index contributed by atoms with van der Waals surface area (Å²) in [7, 11) is 2.01. The van der Waals surface area contributed by atoms with Gasteiger partial charge in [-0.1, -0.05) is 23.2 Å². The Kier molecular flexibility index (Phi) is 4.07. The summed E-state index contributed by atoms with van der Waals surface area (Å²) >= 11 is 11.9. The van der Waals surface area contributed by atoms with Crippen molar-refractivity contribution in [3.05, 3.63) is 16.4 Å². The average Bonchev–Trinajstić information content (AvgIpc) is 2.32. The van der Waals surface area contributed by atoms with Gasteiger partial charge in [-0.15, -0.1) is 10.2 Å². The van der Waals surface area contributed by atoms with E-state index in [-0.39, 0.29) is 0 Å². The molecule has 4 nitrogen and oxygen atoms in total. The quantitative estimate of drug-likeness (QED) is 0.901. The highest BCUT2D eigenvalue weighted by molar-refractivity contribution is 6.33. The fourth-order valence-corrected chi connectivity index (χ4v) is 2.64. The predicted molar refractivity (Wildman–Crippen MR) is 70.7 cm³/mol. The molecule has 1 aliphatic carbocycles. The minimum absolute atomic E-state index is 0.342. The Morgan fingerprint density at radius 2 is 1.88 bits per heavy atom. The maximum atomic E-state index is 6.04. The first-order valence-corrected chi connectivity index (χ1v) is 6.50. The van der Waals surface area contributed by atoms with Crippen molar-refractivity contribution in [3.63, 3.8) is 0 Å². The molecule has 1 aromatic rings. The molecule has 2 N–H and O–H groups in total. The molecule has 0 spiro atoms. The fourth-order valence-electron chi connectivity index (χ4n) is 2.28. The van der Waals surface area contributed by atoms with Gasteiger partial charge >= 0.3 is 0 Å². The number of hydrogen-bond donors (Lipinski definition) is 1. The molecule has 1 aromatic heterocycles. The van der Waals surface area contributed by atoms with Gasteiger partial charge in [0, 0.05) is 25.2 Å². The summed E-state index contributed by atoms with van der Waals surface area (Å²) in [5.74, 6) is 0. The molecule has 0 amide bonds. The van der Waals surface area contributed by atoms with Crippen molar-refractivity contribution in [1.29, 1.82) is 0 Å². The number of halogens is 2. The van der Waals surface area contributed by atoms with Crippen LogP contribution in [-0.4, -0.2) is 29.3 Å². The average molecular weight is 275 g/mol. The summed E-state index contributed by atoms with van der Waals surface area (Å²) in [4.78, 5) is 2.13. The van der Waals surface area contributed by atoms with E-state index in [9.17, 15) is 0 Å². The van der Waals surface area contributed by atoms with Crippen molar-refractivity contribution >= 4 is 28.9 Å². The summed E-state index contributed by atoms with van der Waals surface area (Å²) in [5.41, 5.74) is 6.74.